The Bertz CT molecular complexity index is 1030. The van der Waals surface area contributed by atoms with E-state index in [0.29, 0.717) is 29.8 Å². The number of ether oxygens (including phenoxy) is 1. The van der Waals surface area contributed by atoms with E-state index in [9.17, 15) is 18.0 Å². The molecule has 0 aliphatic carbocycles. The summed E-state index contributed by atoms with van der Waals surface area (Å²) in [7, 11) is -3.34. The van der Waals surface area contributed by atoms with Crippen LogP contribution in [0.25, 0.3) is 0 Å². The first-order valence-corrected chi connectivity index (χ1v) is 10.4. The average Bonchev–Trinajstić information content (AvgIpc) is 3.02. The van der Waals surface area contributed by atoms with Crippen LogP contribution in [-0.4, -0.2) is 39.6 Å². The summed E-state index contributed by atoms with van der Waals surface area (Å²) in [6.07, 6.45) is 1.69. The summed E-state index contributed by atoms with van der Waals surface area (Å²) in [6.45, 7) is 3.81. The molecule has 3 rings (SSSR count). The third-order valence-electron chi connectivity index (χ3n) is 4.59. The molecule has 7 heteroatoms. The van der Waals surface area contributed by atoms with Gasteiger partial charge in [-0.2, -0.15) is 0 Å². The molecule has 0 amide bonds. The molecule has 0 unspecified atom stereocenters. The van der Waals surface area contributed by atoms with Crippen LogP contribution in [0.3, 0.4) is 0 Å². The Morgan fingerprint density at radius 1 is 1.11 bits per heavy atom. The van der Waals surface area contributed by atoms with Crippen molar-refractivity contribution >= 4 is 27.5 Å². The molecule has 2 aromatic carbocycles. The molecule has 0 saturated heterocycles. The number of fused-ring (bicyclic) bond motifs is 1. The number of sulfonamides is 1. The van der Waals surface area contributed by atoms with Crippen LogP contribution >= 0.6 is 0 Å². The van der Waals surface area contributed by atoms with Crippen LogP contribution in [0.5, 0.6) is 0 Å². The topological polar surface area (TPSA) is 80.8 Å². The average molecular weight is 387 g/mol. The van der Waals surface area contributed by atoms with Gasteiger partial charge in [0.2, 0.25) is 15.8 Å². The van der Waals surface area contributed by atoms with E-state index in [2.05, 4.69) is 0 Å². The van der Waals surface area contributed by atoms with Gasteiger partial charge in [-0.05, 0) is 49.6 Å². The fraction of sp³-hybridized carbons (Fsp3) is 0.300. The van der Waals surface area contributed by atoms with Gasteiger partial charge in [0.15, 0.2) is 6.61 Å². The quantitative estimate of drug-likeness (QED) is 0.582. The summed E-state index contributed by atoms with van der Waals surface area (Å²) < 4.78 is 30.0. The number of aryl methyl sites for hydroxylation is 2. The molecule has 0 N–H and O–H groups in total. The lowest BCUT2D eigenvalue weighted by atomic mass is 10.0. The number of carbonyl (C=O) groups excluding carboxylic acids is 2. The molecule has 1 heterocycles. The molecular weight excluding hydrogens is 366 g/mol. The summed E-state index contributed by atoms with van der Waals surface area (Å²) in [5, 5.41) is 0. The van der Waals surface area contributed by atoms with Gasteiger partial charge in [-0.1, -0.05) is 23.8 Å². The minimum Gasteiger partial charge on any atom is -0.454 e. The lowest BCUT2D eigenvalue weighted by molar-refractivity contribution is 0.0474. The first-order chi connectivity index (χ1) is 12.7. The van der Waals surface area contributed by atoms with E-state index < -0.39 is 16.0 Å². The van der Waals surface area contributed by atoms with Gasteiger partial charge in [-0.25, -0.2) is 13.2 Å². The normalized spacial score (nSPS) is 13.4. The number of nitrogens with zero attached hydrogens (tertiary/aromatic N) is 1. The van der Waals surface area contributed by atoms with Crippen molar-refractivity contribution < 1.29 is 22.7 Å². The minimum absolute atomic E-state index is 0.259. The van der Waals surface area contributed by atoms with E-state index >= 15 is 0 Å². The van der Waals surface area contributed by atoms with Crippen molar-refractivity contribution in [3.63, 3.8) is 0 Å². The molecule has 0 fully saturated rings. The van der Waals surface area contributed by atoms with Crippen LogP contribution in [0.15, 0.2) is 36.4 Å². The molecule has 0 saturated carbocycles. The largest absolute Gasteiger partial charge is 0.454 e. The number of benzene rings is 2. The van der Waals surface area contributed by atoms with Gasteiger partial charge in [0.1, 0.15) is 0 Å². The number of hydrogen-bond donors (Lipinski definition) is 0. The summed E-state index contributed by atoms with van der Waals surface area (Å²) in [5.41, 5.74) is 4.09. The lowest BCUT2D eigenvalue weighted by Gasteiger charge is -2.16. The molecule has 27 heavy (non-hydrogen) atoms. The van der Waals surface area contributed by atoms with Crippen LogP contribution < -0.4 is 4.31 Å². The predicted molar refractivity (Wildman–Crippen MR) is 103 cm³/mol. The van der Waals surface area contributed by atoms with E-state index in [1.165, 1.54) is 10.4 Å². The van der Waals surface area contributed by atoms with Crippen molar-refractivity contribution in [2.24, 2.45) is 0 Å². The molecule has 0 atom stereocenters. The summed E-state index contributed by atoms with van der Waals surface area (Å²) in [6, 6.07) is 10.2. The van der Waals surface area contributed by atoms with E-state index in [1.807, 2.05) is 26.0 Å². The second kappa shape index (κ2) is 7.15. The maximum absolute atomic E-state index is 12.3. The lowest BCUT2D eigenvalue weighted by Crippen LogP contribution is -2.27. The first-order valence-electron chi connectivity index (χ1n) is 8.55. The minimum atomic E-state index is -3.34. The van der Waals surface area contributed by atoms with Crippen molar-refractivity contribution in [3.8, 4) is 0 Å². The van der Waals surface area contributed by atoms with Crippen molar-refractivity contribution in [2.75, 3.05) is 23.7 Å². The maximum atomic E-state index is 12.3. The molecular formula is C20H21NO5S. The summed E-state index contributed by atoms with van der Waals surface area (Å²) >= 11 is 0. The van der Waals surface area contributed by atoms with E-state index in [4.69, 9.17) is 4.74 Å². The second-order valence-corrected chi connectivity index (χ2v) is 8.65. The highest BCUT2D eigenvalue weighted by Crippen LogP contribution is 2.30. The summed E-state index contributed by atoms with van der Waals surface area (Å²) in [5.74, 6) is -0.862. The Kier molecular flexibility index (Phi) is 5.06. The highest BCUT2D eigenvalue weighted by molar-refractivity contribution is 7.92. The number of carbonyl (C=O) groups is 2. The highest BCUT2D eigenvalue weighted by Gasteiger charge is 2.27. The molecule has 1 aliphatic heterocycles. The number of Topliss-reactive ketones (excluding diaryl/α,β-unsaturated/α-hetero) is 1. The predicted octanol–water partition coefficient (Wildman–Crippen LogP) is 2.67. The van der Waals surface area contributed by atoms with Crippen molar-refractivity contribution in [1.82, 2.24) is 0 Å². The third-order valence-corrected chi connectivity index (χ3v) is 5.77. The van der Waals surface area contributed by atoms with Gasteiger partial charge in [-0.15, -0.1) is 0 Å². The van der Waals surface area contributed by atoms with Crippen molar-refractivity contribution in [3.05, 3.63) is 64.2 Å². The second-order valence-electron chi connectivity index (χ2n) is 6.75. The van der Waals surface area contributed by atoms with Gasteiger partial charge in [0.05, 0.1) is 17.5 Å². The third kappa shape index (κ3) is 4.03. The van der Waals surface area contributed by atoms with Crippen LogP contribution in [0.4, 0.5) is 5.69 Å². The standard InChI is InChI=1S/C20H21NO5S/c1-13-4-6-17(14(2)10-13)19(22)12-26-20(23)16-5-7-18-15(11-16)8-9-21(18)27(3,24)25/h4-7,10-11H,8-9,12H2,1-3H3. The Morgan fingerprint density at radius 2 is 1.85 bits per heavy atom. The number of anilines is 1. The Morgan fingerprint density at radius 3 is 2.52 bits per heavy atom. The molecule has 0 spiro atoms. The van der Waals surface area contributed by atoms with Gasteiger partial charge >= 0.3 is 5.97 Å². The van der Waals surface area contributed by atoms with Gasteiger partial charge in [0.25, 0.3) is 0 Å². The Hall–Kier alpha value is -2.67. The number of rotatable bonds is 5. The molecule has 1 aliphatic rings. The Balaban J connectivity index is 1.70. The number of ketones is 1. The molecule has 0 radical (unpaired) electrons. The van der Waals surface area contributed by atoms with Crippen LogP contribution in [-0.2, 0) is 21.2 Å². The molecule has 0 bridgehead atoms. The molecule has 2 aromatic rings. The number of esters is 1. The molecule has 142 valence electrons. The maximum Gasteiger partial charge on any atom is 0.338 e. The zero-order valence-electron chi connectivity index (χ0n) is 15.5. The fourth-order valence-electron chi connectivity index (χ4n) is 3.26. The SMILES string of the molecule is Cc1ccc(C(=O)COC(=O)c2ccc3c(c2)CCN3S(C)(=O)=O)c(C)c1. The Labute approximate surface area is 158 Å². The number of hydrogen-bond acceptors (Lipinski definition) is 5. The first kappa shape index (κ1) is 19.1. The van der Waals surface area contributed by atoms with Gasteiger partial charge in [-0.3, -0.25) is 9.10 Å². The smallest absolute Gasteiger partial charge is 0.338 e. The van der Waals surface area contributed by atoms with E-state index in [1.54, 1.807) is 18.2 Å². The highest BCUT2D eigenvalue weighted by atomic mass is 32.2. The monoisotopic (exact) mass is 387 g/mol. The van der Waals surface area contributed by atoms with Crippen LogP contribution in [0, 0.1) is 13.8 Å². The van der Waals surface area contributed by atoms with E-state index in [0.717, 1.165) is 22.9 Å². The zero-order valence-corrected chi connectivity index (χ0v) is 16.3. The fourth-order valence-corrected chi connectivity index (χ4v) is 4.22. The van der Waals surface area contributed by atoms with Crippen LogP contribution in [0.1, 0.15) is 37.4 Å². The summed E-state index contributed by atoms with van der Waals surface area (Å²) in [4.78, 5) is 24.6. The van der Waals surface area contributed by atoms with Gasteiger partial charge < -0.3 is 4.74 Å². The van der Waals surface area contributed by atoms with Crippen LogP contribution in [0.2, 0.25) is 0 Å². The molecule has 0 aromatic heterocycles. The van der Waals surface area contributed by atoms with Gasteiger partial charge in [0, 0.05) is 12.1 Å². The van der Waals surface area contributed by atoms with E-state index in [-0.39, 0.29) is 12.4 Å². The van der Waals surface area contributed by atoms with Crippen molar-refractivity contribution in [2.45, 2.75) is 20.3 Å². The zero-order chi connectivity index (χ0) is 19.8. The van der Waals surface area contributed by atoms with Crippen molar-refractivity contribution in [1.29, 1.82) is 0 Å². The molecule has 6 nitrogen and oxygen atoms in total.